The molecule has 4 heteroatoms. The summed E-state index contributed by atoms with van der Waals surface area (Å²) in [5, 5.41) is 4.50. The van der Waals surface area contributed by atoms with E-state index in [-0.39, 0.29) is 0 Å². The lowest BCUT2D eigenvalue weighted by Gasteiger charge is -2.12. The van der Waals surface area contributed by atoms with Gasteiger partial charge in [0, 0.05) is 17.0 Å². The number of hydrogen-bond donors (Lipinski definition) is 1. The Bertz CT molecular complexity index is 900. The minimum Gasteiger partial charge on any atom is -0.367 e. The van der Waals surface area contributed by atoms with Gasteiger partial charge >= 0.3 is 0 Å². The Hall–Kier alpha value is -2.75. The third kappa shape index (κ3) is 2.68. The highest BCUT2D eigenvalue weighted by Gasteiger charge is 2.22. The molecule has 0 unspecified atom stereocenters. The van der Waals surface area contributed by atoms with E-state index in [1.807, 2.05) is 24.3 Å². The Morgan fingerprint density at radius 3 is 2.83 bits per heavy atom. The van der Waals surface area contributed by atoms with Crippen LogP contribution in [-0.2, 0) is 0 Å². The minimum absolute atomic E-state index is 0.538. The summed E-state index contributed by atoms with van der Waals surface area (Å²) in [4.78, 5) is 19.8. The number of fused-ring (bicyclic) bond motifs is 1. The second-order valence-electron chi connectivity index (χ2n) is 6.07. The van der Waals surface area contributed by atoms with Gasteiger partial charge in [-0.2, -0.15) is 0 Å². The SMILES string of the molecule is Cc1cc2ncnc(NC3CC3)c2cc1-c1cccc(C=O)c1. The van der Waals surface area contributed by atoms with Crippen LogP contribution in [0.3, 0.4) is 0 Å². The van der Waals surface area contributed by atoms with Crippen molar-refractivity contribution in [1.82, 2.24) is 9.97 Å². The molecular weight excluding hydrogens is 286 g/mol. The first kappa shape index (κ1) is 13.9. The largest absolute Gasteiger partial charge is 0.367 e. The average Bonchev–Trinajstić information content (AvgIpc) is 3.38. The van der Waals surface area contributed by atoms with Crippen LogP contribution in [0, 0.1) is 6.92 Å². The molecule has 1 saturated carbocycles. The van der Waals surface area contributed by atoms with Gasteiger partial charge < -0.3 is 5.32 Å². The van der Waals surface area contributed by atoms with Crippen molar-refractivity contribution in [3.8, 4) is 11.1 Å². The van der Waals surface area contributed by atoms with Gasteiger partial charge in [0.05, 0.1) is 5.52 Å². The summed E-state index contributed by atoms with van der Waals surface area (Å²) >= 11 is 0. The quantitative estimate of drug-likeness (QED) is 0.740. The van der Waals surface area contributed by atoms with E-state index < -0.39 is 0 Å². The van der Waals surface area contributed by atoms with Crippen molar-refractivity contribution in [2.75, 3.05) is 5.32 Å². The number of aromatic nitrogens is 2. The molecule has 1 fully saturated rings. The summed E-state index contributed by atoms with van der Waals surface area (Å²) in [6.07, 6.45) is 4.89. The van der Waals surface area contributed by atoms with Crippen LogP contribution >= 0.6 is 0 Å². The summed E-state index contributed by atoms with van der Waals surface area (Å²) < 4.78 is 0. The molecule has 1 aliphatic rings. The first-order valence-electron chi connectivity index (χ1n) is 7.82. The van der Waals surface area contributed by atoms with E-state index in [0.717, 1.165) is 39.7 Å². The number of anilines is 1. The van der Waals surface area contributed by atoms with E-state index in [1.165, 1.54) is 12.8 Å². The van der Waals surface area contributed by atoms with E-state index in [9.17, 15) is 4.79 Å². The Balaban J connectivity index is 1.88. The van der Waals surface area contributed by atoms with Gasteiger partial charge in [0.15, 0.2) is 0 Å². The zero-order valence-electron chi connectivity index (χ0n) is 12.9. The number of carbonyl (C=O) groups excluding carboxylic acids is 1. The van der Waals surface area contributed by atoms with Crippen LogP contribution in [0.15, 0.2) is 42.7 Å². The van der Waals surface area contributed by atoms with Crippen LogP contribution in [0.1, 0.15) is 28.8 Å². The van der Waals surface area contributed by atoms with Crippen molar-refractivity contribution in [1.29, 1.82) is 0 Å². The molecule has 114 valence electrons. The molecule has 1 aromatic heterocycles. The number of nitrogens with zero attached hydrogens (tertiary/aromatic N) is 2. The standard InChI is InChI=1S/C19H17N3O/c1-12-7-18-17(19(21-11-20-18)22-15-5-6-15)9-16(12)14-4-2-3-13(8-14)10-23/h2-4,7-11,15H,5-6H2,1H3,(H,20,21,22). The fourth-order valence-corrected chi connectivity index (χ4v) is 2.83. The fourth-order valence-electron chi connectivity index (χ4n) is 2.83. The summed E-state index contributed by atoms with van der Waals surface area (Å²) in [5.41, 5.74) is 4.90. The zero-order valence-corrected chi connectivity index (χ0v) is 12.9. The van der Waals surface area contributed by atoms with Crippen molar-refractivity contribution in [3.05, 3.63) is 53.9 Å². The Morgan fingerprint density at radius 1 is 1.17 bits per heavy atom. The molecule has 1 heterocycles. The van der Waals surface area contributed by atoms with E-state index in [1.54, 1.807) is 6.33 Å². The van der Waals surface area contributed by atoms with Gasteiger partial charge in [0.1, 0.15) is 18.4 Å². The lowest BCUT2D eigenvalue weighted by atomic mass is 9.97. The maximum Gasteiger partial charge on any atom is 0.150 e. The van der Waals surface area contributed by atoms with Crippen LogP contribution in [0.2, 0.25) is 0 Å². The van der Waals surface area contributed by atoms with Gasteiger partial charge in [0.2, 0.25) is 0 Å². The summed E-state index contributed by atoms with van der Waals surface area (Å²) in [6, 6.07) is 12.4. The predicted octanol–water partition coefficient (Wildman–Crippen LogP) is 3.99. The lowest BCUT2D eigenvalue weighted by molar-refractivity contribution is 0.112. The number of aldehydes is 1. The number of rotatable bonds is 4. The second-order valence-corrected chi connectivity index (χ2v) is 6.07. The van der Waals surface area contributed by atoms with Crippen LogP contribution in [0.25, 0.3) is 22.0 Å². The van der Waals surface area contributed by atoms with Gasteiger partial charge in [-0.25, -0.2) is 9.97 Å². The number of aryl methyl sites for hydroxylation is 1. The molecule has 23 heavy (non-hydrogen) atoms. The van der Waals surface area contributed by atoms with Crippen molar-refractivity contribution in [2.45, 2.75) is 25.8 Å². The Morgan fingerprint density at radius 2 is 2.04 bits per heavy atom. The van der Waals surface area contributed by atoms with Crippen LogP contribution in [-0.4, -0.2) is 22.3 Å². The highest BCUT2D eigenvalue weighted by atomic mass is 16.1. The highest BCUT2D eigenvalue weighted by Crippen LogP contribution is 2.32. The minimum atomic E-state index is 0.538. The molecule has 0 atom stereocenters. The first-order valence-corrected chi connectivity index (χ1v) is 7.82. The Kier molecular flexibility index (Phi) is 3.30. The average molecular weight is 303 g/mol. The van der Waals surface area contributed by atoms with Crippen molar-refractivity contribution in [2.24, 2.45) is 0 Å². The third-order valence-electron chi connectivity index (χ3n) is 4.23. The van der Waals surface area contributed by atoms with Crippen LogP contribution < -0.4 is 5.32 Å². The van der Waals surface area contributed by atoms with E-state index in [0.29, 0.717) is 11.6 Å². The molecule has 1 aliphatic carbocycles. The van der Waals surface area contributed by atoms with Gasteiger partial charge in [-0.05, 0) is 54.7 Å². The summed E-state index contributed by atoms with van der Waals surface area (Å²) in [6.45, 7) is 2.07. The monoisotopic (exact) mass is 303 g/mol. The molecule has 2 aromatic carbocycles. The van der Waals surface area contributed by atoms with Crippen LogP contribution in [0.4, 0.5) is 5.82 Å². The van der Waals surface area contributed by atoms with Gasteiger partial charge in [-0.1, -0.05) is 18.2 Å². The third-order valence-corrected chi connectivity index (χ3v) is 4.23. The molecule has 1 N–H and O–H groups in total. The van der Waals surface area contributed by atoms with Gasteiger partial charge in [-0.15, -0.1) is 0 Å². The Labute approximate surface area is 134 Å². The van der Waals surface area contributed by atoms with E-state index in [2.05, 4.69) is 34.3 Å². The highest BCUT2D eigenvalue weighted by molar-refractivity contribution is 5.94. The van der Waals surface area contributed by atoms with Gasteiger partial charge in [0.25, 0.3) is 0 Å². The number of nitrogens with one attached hydrogen (secondary N) is 1. The molecular formula is C19H17N3O. The zero-order chi connectivity index (χ0) is 15.8. The molecule has 0 bridgehead atoms. The number of hydrogen-bond acceptors (Lipinski definition) is 4. The topological polar surface area (TPSA) is 54.9 Å². The molecule has 0 amide bonds. The molecule has 0 radical (unpaired) electrons. The number of benzene rings is 2. The summed E-state index contributed by atoms with van der Waals surface area (Å²) in [5.74, 6) is 0.894. The van der Waals surface area contributed by atoms with Crippen molar-refractivity contribution in [3.63, 3.8) is 0 Å². The van der Waals surface area contributed by atoms with E-state index >= 15 is 0 Å². The molecule has 3 aromatic rings. The molecule has 0 aliphatic heterocycles. The predicted molar refractivity (Wildman–Crippen MR) is 91.7 cm³/mol. The van der Waals surface area contributed by atoms with Crippen LogP contribution in [0.5, 0.6) is 0 Å². The van der Waals surface area contributed by atoms with E-state index in [4.69, 9.17) is 0 Å². The summed E-state index contributed by atoms with van der Waals surface area (Å²) in [7, 11) is 0. The molecule has 4 nitrogen and oxygen atoms in total. The number of carbonyl (C=O) groups is 1. The fraction of sp³-hybridized carbons (Fsp3) is 0.211. The van der Waals surface area contributed by atoms with Crippen molar-refractivity contribution >= 4 is 23.0 Å². The first-order chi connectivity index (χ1) is 11.2. The maximum atomic E-state index is 11.0. The second kappa shape index (κ2) is 5.47. The molecule has 4 rings (SSSR count). The molecule has 0 spiro atoms. The smallest absolute Gasteiger partial charge is 0.150 e. The van der Waals surface area contributed by atoms with Crippen molar-refractivity contribution < 1.29 is 4.79 Å². The lowest BCUT2D eigenvalue weighted by Crippen LogP contribution is -2.04. The molecule has 0 saturated heterocycles. The maximum absolute atomic E-state index is 11.0. The van der Waals surface area contributed by atoms with Gasteiger partial charge in [-0.3, -0.25) is 4.79 Å². The normalized spacial score (nSPS) is 14.0.